The van der Waals surface area contributed by atoms with Crippen LogP contribution in [0, 0.1) is 0 Å². The lowest BCUT2D eigenvalue weighted by Crippen LogP contribution is -2.41. The van der Waals surface area contributed by atoms with Gasteiger partial charge in [-0.25, -0.2) is 0 Å². The van der Waals surface area contributed by atoms with E-state index in [4.69, 9.17) is 15.6 Å². The van der Waals surface area contributed by atoms with Crippen molar-refractivity contribution < 1.29 is 14.6 Å². The number of anilines is 1. The summed E-state index contributed by atoms with van der Waals surface area (Å²) < 4.78 is 4.81. The smallest absolute Gasteiger partial charge is 0.271 e. The topological polar surface area (TPSA) is 113 Å². The van der Waals surface area contributed by atoms with Gasteiger partial charge in [-0.05, 0) is 0 Å². The number of amides is 1. The zero-order valence-electron chi connectivity index (χ0n) is 8.36. The summed E-state index contributed by atoms with van der Waals surface area (Å²) in [4.78, 5) is 11.5. The van der Waals surface area contributed by atoms with Gasteiger partial charge in [-0.1, -0.05) is 0 Å². The third kappa shape index (κ3) is 2.93. The van der Waals surface area contributed by atoms with Gasteiger partial charge in [0.05, 0.1) is 31.1 Å². The highest BCUT2D eigenvalue weighted by molar-refractivity contribution is 5.97. The Morgan fingerprint density at radius 3 is 3.07 bits per heavy atom. The molecule has 0 aliphatic rings. The number of aromatic nitrogens is 2. The van der Waals surface area contributed by atoms with Crippen molar-refractivity contribution in [2.24, 2.45) is 0 Å². The van der Waals surface area contributed by atoms with E-state index in [1.807, 2.05) is 0 Å². The van der Waals surface area contributed by atoms with Gasteiger partial charge in [0.2, 0.25) is 0 Å². The van der Waals surface area contributed by atoms with Crippen LogP contribution in [-0.4, -0.2) is 47.6 Å². The Balaban J connectivity index is 2.58. The highest BCUT2D eigenvalue weighted by atomic mass is 16.5. The molecule has 1 heterocycles. The second-order valence-electron chi connectivity index (χ2n) is 3.01. The summed E-state index contributed by atoms with van der Waals surface area (Å²) >= 11 is 0. The third-order valence-electron chi connectivity index (χ3n) is 1.82. The van der Waals surface area contributed by atoms with Crippen LogP contribution in [0.15, 0.2) is 6.20 Å². The Morgan fingerprint density at radius 2 is 2.60 bits per heavy atom. The standard InChI is InChI=1S/C8H14N4O3/c1-15-4-5(3-13)11-8(14)7-6(9)2-10-12-7/h2,5,13H,3-4,9H2,1H3,(H,10,12)(H,11,14). The molecule has 0 saturated carbocycles. The second-order valence-corrected chi connectivity index (χ2v) is 3.01. The summed E-state index contributed by atoms with van der Waals surface area (Å²) in [5.74, 6) is -0.416. The molecular weight excluding hydrogens is 200 g/mol. The number of nitrogens with two attached hydrogens (primary N) is 1. The van der Waals surface area contributed by atoms with Crippen molar-refractivity contribution in [3.05, 3.63) is 11.9 Å². The molecule has 0 aliphatic carbocycles. The molecule has 84 valence electrons. The first kappa shape index (κ1) is 11.5. The molecular formula is C8H14N4O3. The van der Waals surface area contributed by atoms with Crippen LogP contribution in [0.2, 0.25) is 0 Å². The number of H-pyrrole nitrogens is 1. The lowest BCUT2D eigenvalue weighted by molar-refractivity contribution is 0.0836. The van der Waals surface area contributed by atoms with Gasteiger partial charge in [0.15, 0.2) is 0 Å². The highest BCUT2D eigenvalue weighted by Crippen LogP contribution is 2.05. The molecule has 1 amide bonds. The maximum Gasteiger partial charge on any atom is 0.271 e. The molecule has 5 N–H and O–H groups in total. The molecule has 7 heteroatoms. The van der Waals surface area contributed by atoms with Crippen LogP contribution in [0.1, 0.15) is 10.5 Å². The molecule has 0 fully saturated rings. The van der Waals surface area contributed by atoms with Crippen molar-refractivity contribution in [1.82, 2.24) is 15.5 Å². The van der Waals surface area contributed by atoms with E-state index in [0.717, 1.165) is 0 Å². The Bertz CT molecular complexity index is 325. The molecule has 1 atom stereocenters. The normalized spacial score (nSPS) is 12.4. The zero-order valence-corrected chi connectivity index (χ0v) is 8.36. The fourth-order valence-electron chi connectivity index (χ4n) is 1.08. The van der Waals surface area contributed by atoms with Gasteiger partial charge >= 0.3 is 0 Å². The number of methoxy groups -OCH3 is 1. The number of hydrogen-bond acceptors (Lipinski definition) is 5. The van der Waals surface area contributed by atoms with Gasteiger partial charge < -0.3 is 20.9 Å². The highest BCUT2D eigenvalue weighted by Gasteiger charge is 2.16. The number of carbonyl (C=O) groups excluding carboxylic acids is 1. The van der Waals surface area contributed by atoms with Gasteiger partial charge in [-0.15, -0.1) is 0 Å². The number of nitrogens with one attached hydrogen (secondary N) is 2. The SMILES string of the molecule is COCC(CO)NC(=O)c1[nH]ncc1N. The molecule has 0 radical (unpaired) electrons. The molecule has 0 aromatic carbocycles. The Labute approximate surface area is 86.6 Å². The lowest BCUT2D eigenvalue weighted by atomic mass is 10.3. The second kappa shape index (κ2) is 5.32. The van der Waals surface area contributed by atoms with E-state index in [9.17, 15) is 4.79 Å². The van der Waals surface area contributed by atoms with E-state index in [0.29, 0.717) is 0 Å². The maximum atomic E-state index is 11.5. The fraction of sp³-hybridized carbons (Fsp3) is 0.500. The van der Waals surface area contributed by atoms with E-state index in [1.165, 1.54) is 13.3 Å². The number of rotatable bonds is 5. The number of aromatic amines is 1. The number of aliphatic hydroxyl groups is 1. The van der Waals surface area contributed by atoms with E-state index < -0.39 is 11.9 Å². The van der Waals surface area contributed by atoms with E-state index in [2.05, 4.69) is 15.5 Å². The summed E-state index contributed by atoms with van der Waals surface area (Å²) in [6.45, 7) is 0.0317. The Hall–Kier alpha value is -1.60. The Morgan fingerprint density at radius 1 is 1.87 bits per heavy atom. The molecule has 0 spiro atoms. The van der Waals surface area contributed by atoms with Crippen molar-refractivity contribution in [1.29, 1.82) is 0 Å². The lowest BCUT2D eigenvalue weighted by Gasteiger charge is -2.14. The molecule has 1 unspecified atom stereocenters. The summed E-state index contributed by atoms with van der Waals surface area (Å²) in [5.41, 5.74) is 5.93. The van der Waals surface area contributed by atoms with Crippen molar-refractivity contribution >= 4 is 11.6 Å². The molecule has 0 bridgehead atoms. The first-order valence-electron chi connectivity index (χ1n) is 4.38. The number of carbonyl (C=O) groups is 1. The van der Waals surface area contributed by atoms with Gasteiger partial charge in [-0.3, -0.25) is 9.89 Å². The molecule has 0 aliphatic heterocycles. The molecule has 1 aromatic heterocycles. The monoisotopic (exact) mass is 214 g/mol. The van der Waals surface area contributed by atoms with Crippen LogP contribution in [0.25, 0.3) is 0 Å². The van der Waals surface area contributed by atoms with Crippen LogP contribution in [0.5, 0.6) is 0 Å². The number of aliphatic hydroxyl groups excluding tert-OH is 1. The predicted molar refractivity (Wildman–Crippen MR) is 53.2 cm³/mol. The summed E-state index contributed by atoms with van der Waals surface area (Å²) in [6, 6.07) is -0.454. The first-order valence-corrected chi connectivity index (χ1v) is 4.38. The minimum atomic E-state index is -0.454. The zero-order chi connectivity index (χ0) is 11.3. The molecule has 0 saturated heterocycles. The minimum Gasteiger partial charge on any atom is -0.396 e. The molecule has 15 heavy (non-hydrogen) atoms. The summed E-state index contributed by atoms with van der Waals surface area (Å²) in [6.07, 6.45) is 1.35. The van der Waals surface area contributed by atoms with Crippen molar-refractivity contribution in [2.75, 3.05) is 26.1 Å². The first-order chi connectivity index (χ1) is 7.19. The fourth-order valence-corrected chi connectivity index (χ4v) is 1.08. The van der Waals surface area contributed by atoms with Gasteiger partial charge in [0, 0.05) is 7.11 Å². The van der Waals surface area contributed by atoms with Crippen LogP contribution in [0.4, 0.5) is 5.69 Å². The predicted octanol–water partition coefficient (Wildman–Crippen LogP) is -1.27. The van der Waals surface area contributed by atoms with Crippen LogP contribution in [0.3, 0.4) is 0 Å². The van der Waals surface area contributed by atoms with Gasteiger partial charge in [0.25, 0.3) is 5.91 Å². The minimum absolute atomic E-state index is 0.185. The van der Waals surface area contributed by atoms with Crippen LogP contribution >= 0.6 is 0 Å². The summed E-state index contributed by atoms with van der Waals surface area (Å²) in [5, 5.41) is 17.6. The van der Waals surface area contributed by atoms with Crippen LogP contribution < -0.4 is 11.1 Å². The van der Waals surface area contributed by atoms with Crippen LogP contribution in [-0.2, 0) is 4.74 Å². The largest absolute Gasteiger partial charge is 0.396 e. The third-order valence-corrected chi connectivity index (χ3v) is 1.82. The van der Waals surface area contributed by atoms with Gasteiger partial charge in [-0.2, -0.15) is 5.10 Å². The van der Waals surface area contributed by atoms with Crippen molar-refractivity contribution in [2.45, 2.75) is 6.04 Å². The molecule has 1 aromatic rings. The number of nitrogen functional groups attached to an aromatic ring is 1. The Kier molecular flexibility index (Phi) is 4.07. The average molecular weight is 214 g/mol. The number of hydrogen-bond donors (Lipinski definition) is 4. The van der Waals surface area contributed by atoms with Crippen molar-refractivity contribution in [3.8, 4) is 0 Å². The van der Waals surface area contributed by atoms with E-state index in [1.54, 1.807) is 0 Å². The van der Waals surface area contributed by atoms with E-state index in [-0.39, 0.29) is 24.6 Å². The number of ether oxygens (including phenoxy) is 1. The maximum absolute atomic E-state index is 11.5. The number of nitrogens with zero attached hydrogens (tertiary/aromatic N) is 1. The van der Waals surface area contributed by atoms with Gasteiger partial charge in [0.1, 0.15) is 5.69 Å². The van der Waals surface area contributed by atoms with E-state index >= 15 is 0 Å². The molecule has 7 nitrogen and oxygen atoms in total. The average Bonchev–Trinajstić information content (AvgIpc) is 2.63. The quantitative estimate of drug-likeness (QED) is 0.488. The molecule has 1 rings (SSSR count). The van der Waals surface area contributed by atoms with Crippen molar-refractivity contribution in [3.63, 3.8) is 0 Å². The summed E-state index contributed by atoms with van der Waals surface area (Å²) in [7, 11) is 1.49.